The maximum Gasteiger partial charge on any atom is 0.176 e. The molecule has 0 bridgehead atoms. The molecule has 1 atom stereocenters. The topological polar surface area (TPSA) is 20.2 Å². The number of hydrogen-bond donors (Lipinski definition) is 1. The van der Waals surface area contributed by atoms with E-state index in [1.54, 1.807) is 6.08 Å². The average Bonchev–Trinajstić information content (AvgIpc) is 1.89. The van der Waals surface area contributed by atoms with E-state index >= 15 is 0 Å². The van der Waals surface area contributed by atoms with Gasteiger partial charge in [-0.2, -0.15) is 0 Å². The minimum Gasteiger partial charge on any atom is -0.369 e. The zero-order valence-electron chi connectivity index (χ0n) is 5.09. The molecule has 0 radical (unpaired) electrons. The van der Waals surface area contributed by atoms with Crippen molar-refractivity contribution in [2.45, 2.75) is 12.5 Å². The van der Waals surface area contributed by atoms with Crippen molar-refractivity contribution in [2.75, 3.05) is 0 Å². The van der Waals surface area contributed by atoms with Gasteiger partial charge in [-0.3, -0.25) is 0 Å². The maximum absolute atomic E-state index is 8.64. The van der Waals surface area contributed by atoms with Crippen LogP contribution in [0.4, 0.5) is 0 Å². The van der Waals surface area contributed by atoms with Crippen LogP contribution in [-0.2, 0) is 0 Å². The van der Waals surface area contributed by atoms with Crippen molar-refractivity contribution in [1.29, 1.82) is 0 Å². The van der Waals surface area contributed by atoms with Crippen LogP contribution in [0.25, 0.3) is 0 Å². The summed E-state index contributed by atoms with van der Waals surface area (Å²) in [6, 6.07) is 0. The summed E-state index contributed by atoms with van der Waals surface area (Å²) in [6.45, 7) is 3.45. The van der Waals surface area contributed by atoms with Crippen LogP contribution in [0.5, 0.6) is 0 Å². The second kappa shape index (κ2) is 4.97. The van der Waals surface area contributed by atoms with Crippen LogP contribution in [0.1, 0.15) is 6.42 Å². The van der Waals surface area contributed by atoms with Crippen molar-refractivity contribution in [1.82, 2.24) is 0 Å². The Morgan fingerprint density at radius 3 is 2.89 bits per heavy atom. The SMILES string of the molecule is C#CC(O)C#CCC=C. The Bertz CT molecular complexity index is 175. The van der Waals surface area contributed by atoms with Gasteiger partial charge < -0.3 is 5.11 Å². The summed E-state index contributed by atoms with van der Waals surface area (Å²) in [4.78, 5) is 0. The highest BCUT2D eigenvalue weighted by Crippen LogP contribution is 1.77. The van der Waals surface area contributed by atoms with E-state index in [0.717, 1.165) is 0 Å². The van der Waals surface area contributed by atoms with Gasteiger partial charge in [0.1, 0.15) is 0 Å². The predicted molar refractivity (Wildman–Crippen MR) is 37.4 cm³/mol. The molecule has 0 heterocycles. The van der Waals surface area contributed by atoms with Crippen molar-refractivity contribution in [3.05, 3.63) is 12.7 Å². The first-order valence-corrected chi connectivity index (χ1v) is 2.54. The Morgan fingerprint density at radius 2 is 2.44 bits per heavy atom. The highest BCUT2D eigenvalue weighted by Gasteiger charge is 1.84. The molecular formula is C8H8O. The van der Waals surface area contributed by atoms with Gasteiger partial charge in [-0.1, -0.05) is 23.8 Å². The van der Waals surface area contributed by atoms with E-state index in [1.807, 2.05) is 0 Å². The molecule has 9 heavy (non-hydrogen) atoms. The van der Waals surface area contributed by atoms with E-state index in [2.05, 4.69) is 24.3 Å². The van der Waals surface area contributed by atoms with Gasteiger partial charge in [0.25, 0.3) is 0 Å². The summed E-state index contributed by atoms with van der Waals surface area (Å²) in [5.74, 6) is 7.13. The summed E-state index contributed by atoms with van der Waals surface area (Å²) in [5.41, 5.74) is 0. The summed E-state index contributed by atoms with van der Waals surface area (Å²) in [5, 5.41) is 8.64. The third-order valence-corrected chi connectivity index (χ3v) is 0.643. The van der Waals surface area contributed by atoms with Crippen molar-refractivity contribution in [3.63, 3.8) is 0 Å². The number of allylic oxidation sites excluding steroid dienone is 1. The van der Waals surface area contributed by atoms with E-state index in [1.165, 1.54) is 0 Å². The number of rotatable bonds is 1. The van der Waals surface area contributed by atoms with Crippen molar-refractivity contribution in [3.8, 4) is 24.2 Å². The number of hydrogen-bond acceptors (Lipinski definition) is 1. The molecule has 0 aromatic heterocycles. The largest absolute Gasteiger partial charge is 0.369 e. The average molecular weight is 120 g/mol. The summed E-state index contributed by atoms with van der Waals surface area (Å²) >= 11 is 0. The van der Waals surface area contributed by atoms with Crippen molar-refractivity contribution < 1.29 is 5.11 Å². The molecule has 0 aromatic carbocycles. The van der Waals surface area contributed by atoms with Crippen LogP contribution in [0.15, 0.2) is 12.7 Å². The molecule has 46 valence electrons. The first-order chi connectivity index (χ1) is 4.31. The molecule has 0 fully saturated rings. The van der Waals surface area contributed by atoms with Gasteiger partial charge in [0.2, 0.25) is 0 Å². The standard InChI is InChI=1S/C8H8O/c1-3-5-6-7-8(9)4-2/h2-3,8-9H,1,5H2. The third kappa shape index (κ3) is 4.68. The summed E-state index contributed by atoms with van der Waals surface area (Å²) < 4.78 is 0. The zero-order chi connectivity index (χ0) is 7.11. The van der Waals surface area contributed by atoms with Crippen LogP contribution in [0.3, 0.4) is 0 Å². The highest BCUT2D eigenvalue weighted by molar-refractivity contribution is 5.16. The van der Waals surface area contributed by atoms with Crippen LogP contribution in [0.2, 0.25) is 0 Å². The fraction of sp³-hybridized carbons (Fsp3) is 0.250. The Kier molecular flexibility index (Phi) is 4.32. The fourth-order valence-electron chi connectivity index (χ4n) is 0.269. The third-order valence-electron chi connectivity index (χ3n) is 0.643. The Morgan fingerprint density at radius 1 is 1.78 bits per heavy atom. The van der Waals surface area contributed by atoms with E-state index in [9.17, 15) is 0 Å². The van der Waals surface area contributed by atoms with E-state index < -0.39 is 6.10 Å². The lowest BCUT2D eigenvalue weighted by atomic mass is 10.3. The predicted octanol–water partition coefficient (Wildman–Crippen LogP) is 0.560. The van der Waals surface area contributed by atoms with Crippen molar-refractivity contribution >= 4 is 0 Å². The molecule has 1 N–H and O–H groups in total. The molecule has 1 unspecified atom stereocenters. The van der Waals surface area contributed by atoms with E-state index in [-0.39, 0.29) is 0 Å². The minimum atomic E-state index is -0.926. The molecule has 1 heteroatoms. The molecular weight excluding hydrogens is 112 g/mol. The van der Waals surface area contributed by atoms with Crippen LogP contribution in [0, 0.1) is 24.2 Å². The molecule has 0 aromatic rings. The second-order valence-corrected chi connectivity index (χ2v) is 1.38. The van der Waals surface area contributed by atoms with Crippen LogP contribution >= 0.6 is 0 Å². The highest BCUT2D eigenvalue weighted by atomic mass is 16.3. The summed E-state index contributed by atoms with van der Waals surface area (Å²) in [7, 11) is 0. The molecule has 0 rings (SSSR count). The molecule has 0 saturated heterocycles. The fourth-order valence-corrected chi connectivity index (χ4v) is 0.269. The van der Waals surface area contributed by atoms with Gasteiger partial charge in [-0.25, -0.2) is 0 Å². The Balaban J connectivity index is 3.61. The van der Waals surface area contributed by atoms with Gasteiger partial charge in [-0.15, -0.1) is 13.0 Å². The van der Waals surface area contributed by atoms with Gasteiger partial charge >= 0.3 is 0 Å². The van der Waals surface area contributed by atoms with Gasteiger partial charge in [-0.05, 0) is 0 Å². The van der Waals surface area contributed by atoms with Gasteiger partial charge in [0, 0.05) is 6.42 Å². The zero-order valence-corrected chi connectivity index (χ0v) is 5.09. The van der Waals surface area contributed by atoms with E-state index in [0.29, 0.717) is 6.42 Å². The number of aliphatic hydroxyl groups is 1. The molecule has 0 spiro atoms. The lowest BCUT2D eigenvalue weighted by Gasteiger charge is -1.84. The first-order valence-electron chi connectivity index (χ1n) is 2.54. The quantitative estimate of drug-likeness (QED) is 0.396. The Hall–Kier alpha value is -1.18. The molecule has 0 aliphatic rings. The van der Waals surface area contributed by atoms with Crippen molar-refractivity contribution in [2.24, 2.45) is 0 Å². The lowest BCUT2D eigenvalue weighted by Crippen LogP contribution is -1.95. The monoisotopic (exact) mass is 120 g/mol. The second-order valence-electron chi connectivity index (χ2n) is 1.38. The van der Waals surface area contributed by atoms with Crippen LogP contribution in [-0.4, -0.2) is 11.2 Å². The summed E-state index contributed by atoms with van der Waals surface area (Å²) in [6.07, 6.45) is 6.12. The smallest absolute Gasteiger partial charge is 0.176 e. The van der Waals surface area contributed by atoms with Crippen LogP contribution < -0.4 is 0 Å². The van der Waals surface area contributed by atoms with Gasteiger partial charge in [0.15, 0.2) is 6.10 Å². The number of terminal acetylenes is 1. The number of aliphatic hydroxyl groups excluding tert-OH is 1. The Labute approximate surface area is 55.4 Å². The molecule has 0 amide bonds. The molecule has 1 nitrogen and oxygen atoms in total. The molecule has 0 aliphatic carbocycles. The maximum atomic E-state index is 8.64. The minimum absolute atomic E-state index is 0.568. The first kappa shape index (κ1) is 7.82. The van der Waals surface area contributed by atoms with Gasteiger partial charge in [0.05, 0.1) is 0 Å². The lowest BCUT2D eigenvalue weighted by molar-refractivity contribution is 0.290. The molecule has 0 aliphatic heterocycles. The van der Waals surface area contributed by atoms with E-state index in [4.69, 9.17) is 11.5 Å². The normalized spacial score (nSPS) is 10.2. The molecule has 0 saturated carbocycles.